The third-order valence-corrected chi connectivity index (χ3v) is 4.26. The van der Waals surface area contributed by atoms with Gasteiger partial charge in [0.25, 0.3) is 11.8 Å². The number of nitrogens with one attached hydrogen (secondary N) is 1. The average molecular weight is 368 g/mol. The fourth-order valence-electron chi connectivity index (χ4n) is 2.86. The van der Waals surface area contributed by atoms with E-state index in [9.17, 15) is 9.59 Å². The van der Waals surface area contributed by atoms with Gasteiger partial charge in [-0.15, -0.1) is 0 Å². The maximum Gasteiger partial charge on any atom is 0.253 e. The predicted molar refractivity (Wildman–Crippen MR) is 107 cm³/mol. The molecule has 27 heavy (non-hydrogen) atoms. The summed E-state index contributed by atoms with van der Waals surface area (Å²) in [5, 5.41) is 2.89. The summed E-state index contributed by atoms with van der Waals surface area (Å²) < 4.78 is 5.13. The van der Waals surface area contributed by atoms with E-state index in [-0.39, 0.29) is 11.8 Å². The van der Waals surface area contributed by atoms with Gasteiger partial charge in [0, 0.05) is 30.8 Å². The van der Waals surface area contributed by atoms with E-state index in [1.54, 1.807) is 31.4 Å². The van der Waals surface area contributed by atoms with Crippen LogP contribution in [0, 0.1) is 0 Å². The van der Waals surface area contributed by atoms with Crippen molar-refractivity contribution in [3.8, 4) is 5.75 Å². The van der Waals surface area contributed by atoms with Crippen molar-refractivity contribution in [1.82, 2.24) is 10.2 Å². The van der Waals surface area contributed by atoms with Gasteiger partial charge in [-0.25, -0.2) is 0 Å². The van der Waals surface area contributed by atoms with Crippen LogP contribution in [0.15, 0.2) is 48.5 Å². The lowest BCUT2D eigenvalue weighted by molar-refractivity contribution is 0.0755. The Bertz CT molecular complexity index is 750. The van der Waals surface area contributed by atoms with Gasteiger partial charge in [0.15, 0.2) is 0 Å². The van der Waals surface area contributed by atoms with Crippen LogP contribution in [-0.4, -0.2) is 36.9 Å². The first kappa shape index (κ1) is 20.5. The minimum Gasteiger partial charge on any atom is -0.497 e. The van der Waals surface area contributed by atoms with Gasteiger partial charge in [-0.05, 0) is 48.7 Å². The van der Waals surface area contributed by atoms with Crippen LogP contribution in [0.2, 0.25) is 0 Å². The number of carbonyl (C=O) groups is 2. The van der Waals surface area contributed by atoms with E-state index in [0.29, 0.717) is 17.7 Å². The number of benzene rings is 2. The molecule has 0 bridgehead atoms. The van der Waals surface area contributed by atoms with E-state index < -0.39 is 0 Å². The minimum atomic E-state index is -0.196. The Morgan fingerprint density at radius 2 is 1.59 bits per heavy atom. The molecular weight excluding hydrogens is 340 g/mol. The Hall–Kier alpha value is -2.82. The molecule has 0 saturated carbocycles. The molecular formula is C22H28N2O3. The van der Waals surface area contributed by atoms with Gasteiger partial charge in [-0.3, -0.25) is 9.59 Å². The number of nitrogens with zero attached hydrogens (tertiary/aromatic N) is 1. The topological polar surface area (TPSA) is 58.6 Å². The van der Waals surface area contributed by atoms with Crippen molar-refractivity contribution in [1.29, 1.82) is 0 Å². The molecule has 0 aliphatic heterocycles. The molecule has 0 fully saturated rings. The highest BCUT2D eigenvalue weighted by atomic mass is 16.5. The van der Waals surface area contributed by atoms with Gasteiger partial charge in [0.05, 0.1) is 7.11 Å². The number of hydrogen-bond donors (Lipinski definition) is 1. The predicted octanol–water partition coefficient (Wildman–Crippen LogP) is 3.89. The maximum atomic E-state index is 12.7. The normalized spacial score (nSPS) is 10.3. The molecule has 2 amide bonds. The number of amides is 2. The van der Waals surface area contributed by atoms with E-state index >= 15 is 0 Å². The summed E-state index contributed by atoms with van der Waals surface area (Å²) in [5.74, 6) is 0.557. The summed E-state index contributed by atoms with van der Waals surface area (Å²) in [6.07, 6.45) is 1.82. The first-order chi connectivity index (χ1) is 13.1. The SMILES string of the molecule is CCCN(CCC)C(=O)c1cccc(C(=O)NCc2ccc(OC)cc2)c1. The van der Waals surface area contributed by atoms with Crippen molar-refractivity contribution in [2.24, 2.45) is 0 Å². The molecule has 0 atom stereocenters. The molecule has 5 heteroatoms. The number of rotatable bonds is 9. The molecule has 0 unspecified atom stereocenters. The fraction of sp³-hybridized carbons (Fsp3) is 0.364. The average Bonchev–Trinajstić information content (AvgIpc) is 2.71. The minimum absolute atomic E-state index is 0.0245. The Morgan fingerprint density at radius 1 is 0.963 bits per heavy atom. The largest absolute Gasteiger partial charge is 0.497 e. The van der Waals surface area contributed by atoms with E-state index in [1.165, 1.54) is 0 Å². The smallest absolute Gasteiger partial charge is 0.253 e. The van der Waals surface area contributed by atoms with Crippen molar-refractivity contribution in [3.63, 3.8) is 0 Å². The third-order valence-electron chi connectivity index (χ3n) is 4.26. The second-order valence-electron chi connectivity index (χ2n) is 6.40. The van der Waals surface area contributed by atoms with Crippen LogP contribution in [0.4, 0.5) is 0 Å². The molecule has 0 aromatic heterocycles. The second-order valence-corrected chi connectivity index (χ2v) is 6.40. The number of ether oxygens (including phenoxy) is 1. The van der Waals surface area contributed by atoms with E-state index in [1.807, 2.05) is 29.2 Å². The molecule has 0 heterocycles. The van der Waals surface area contributed by atoms with Crippen LogP contribution in [0.3, 0.4) is 0 Å². The highest BCUT2D eigenvalue weighted by molar-refractivity contribution is 5.99. The fourth-order valence-corrected chi connectivity index (χ4v) is 2.86. The first-order valence-electron chi connectivity index (χ1n) is 9.39. The molecule has 0 aliphatic rings. The summed E-state index contributed by atoms with van der Waals surface area (Å²) in [6.45, 7) is 5.97. The zero-order valence-electron chi connectivity index (χ0n) is 16.3. The van der Waals surface area contributed by atoms with Crippen LogP contribution >= 0.6 is 0 Å². The quantitative estimate of drug-likeness (QED) is 0.730. The molecule has 144 valence electrons. The molecule has 0 spiro atoms. The van der Waals surface area contributed by atoms with Gasteiger partial charge < -0.3 is 15.0 Å². The van der Waals surface area contributed by atoms with Gasteiger partial charge in [-0.2, -0.15) is 0 Å². The summed E-state index contributed by atoms with van der Waals surface area (Å²) in [5.41, 5.74) is 2.02. The molecule has 2 aromatic rings. The Balaban J connectivity index is 2.04. The highest BCUT2D eigenvalue weighted by Gasteiger charge is 2.16. The van der Waals surface area contributed by atoms with Crippen LogP contribution in [0.25, 0.3) is 0 Å². The van der Waals surface area contributed by atoms with E-state index in [0.717, 1.165) is 37.2 Å². The van der Waals surface area contributed by atoms with Gasteiger partial charge in [0.2, 0.25) is 0 Å². The van der Waals surface area contributed by atoms with Crippen LogP contribution in [0.5, 0.6) is 5.75 Å². The summed E-state index contributed by atoms with van der Waals surface area (Å²) in [7, 11) is 1.62. The highest BCUT2D eigenvalue weighted by Crippen LogP contribution is 2.12. The Morgan fingerprint density at radius 3 is 2.19 bits per heavy atom. The molecule has 1 N–H and O–H groups in total. The lowest BCUT2D eigenvalue weighted by atomic mass is 10.1. The molecule has 0 radical (unpaired) electrons. The summed E-state index contributed by atoms with van der Waals surface area (Å²) in [4.78, 5) is 27.0. The lowest BCUT2D eigenvalue weighted by Crippen LogP contribution is -2.32. The van der Waals surface area contributed by atoms with Crippen molar-refractivity contribution in [2.75, 3.05) is 20.2 Å². The van der Waals surface area contributed by atoms with Gasteiger partial charge in [0.1, 0.15) is 5.75 Å². The van der Waals surface area contributed by atoms with E-state index in [2.05, 4.69) is 19.2 Å². The molecule has 0 aliphatic carbocycles. The van der Waals surface area contributed by atoms with Crippen molar-refractivity contribution >= 4 is 11.8 Å². The van der Waals surface area contributed by atoms with Gasteiger partial charge in [-0.1, -0.05) is 32.0 Å². The van der Waals surface area contributed by atoms with E-state index in [4.69, 9.17) is 4.74 Å². The zero-order valence-corrected chi connectivity index (χ0v) is 16.3. The standard InChI is InChI=1S/C22H28N2O3/c1-4-13-24(14-5-2)22(26)19-8-6-7-18(15-19)21(25)23-16-17-9-11-20(27-3)12-10-17/h6-12,15H,4-5,13-14,16H2,1-3H3,(H,23,25). The van der Waals surface area contributed by atoms with Crippen LogP contribution in [0.1, 0.15) is 53.0 Å². The van der Waals surface area contributed by atoms with Crippen LogP contribution in [-0.2, 0) is 6.54 Å². The molecule has 5 nitrogen and oxygen atoms in total. The van der Waals surface area contributed by atoms with Gasteiger partial charge >= 0.3 is 0 Å². The van der Waals surface area contributed by atoms with Crippen molar-refractivity contribution in [3.05, 3.63) is 65.2 Å². The molecule has 2 rings (SSSR count). The third kappa shape index (κ3) is 5.84. The lowest BCUT2D eigenvalue weighted by Gasteiger charge is -2.21. The molecule has 0 saturated heterocycles. The maximum absolute atomic E-state index is 12.7. The summed E-state index contributed by atoms with van der Waals surface area (Å²) in [6, 6.07) is 14.5. The Labute approximate surface area is 161 Å². The number of carbonyl (C=O) groups excluding carboxylic acids is 2. The zero-order chi connectivity index (χ0) is 19.6. The second kappa shape index (κ2) is 10.4. The molecule has 2 aromatic carbocycles. The van der Waals surface area contributed by atoms with Crippen molar-refractivity contribution < 1.29 is 14.3 Å². The summed E-state index contributed by atoms with van der Waals surface area (Å²) >= 11 is 0. The monoisotopic (exact) mass is 368 g/mol. The van der Waals surface area contributed by atoms with Crippen LogP contribution < -0.4 is 10.1 Å². The Kier molecular flexibility index (Phi) is 7.86. The number of hydrogen-bond acceptors (Lipinski definition) is 3. The number of methoxy groups -OCH3 is 1. The van der Waals surface area contributed by atoms with Crippen molar-refractivity contribution in [2.45, 2.75) is 33.2 Å². The first-order valence-corrected chi connectivity index (χ1v) is 9.39.